The predicted octanol–water partition coefficient (Wildman–Crippen LogP) is 4.72. The fourth-order valence-corrected chi connectivity index (χ4v) is 2.51. The highest BCUT2D eigenvalue weighted by molar-refractivity contribution is 7.93. The first-order chi connectivity index (χ1) is 9.89. The summed E-state index contributed by atoms with van der Waals surface area (Å²) in [6, 6.07) is 11.2. The van der Waals surface area contributed by atoms with Gasteiger partial charge in [-0.25, -0.2) is 8.42 Å². The average Bonchev–Trinajstić information content (AvgIpc) is 2.44. The van der Waals surface area contributed by atoms with Gasteiger partial charge < -0.3 is 4.74 Å². The Balaban J connectivity index is 2.32. The van der Waals surface area contributed by atoms with Crippen molar-refractivity contribution in [2.45, 2.75) is 0 Å². The molecule has 112 valence electrons. The lowest BCUT2D eigenvalue weighted by Crippen LogP contribution is -2.14. The van der Waals surface area contributed by atoms with Crippen LogP contribution in [0.4, 0.5) is 5.69 Å². The van der Waals surface area contributed by atoms with Gasteiger partial charge in [-0.2, -0.15) is 0 Å². The van der Waals surface area contributed by atoms with Crippen molar-refractivity contribution in [1.82, 2.24) is 0 Å². The Labute approximate surface area is 137 Å². The average molecular weight is 367 g/mol. The zero-order chi connectivity index (χ0) is 15.5. The molecule has 2 aromatic carbocycles. The molecule has 0 aliphatic heterocycles. The van der Waals surface area contributed by atoms with Gasteiger partial charge in [0.1, 0.15) is 11.0 Å². The summed E-state index contributed by atoms with van der Waals surface area (Å²) in [5.41, 5.74) is 0.207. The van der Waals surface area contributed by atoms with Gasteiger partial charge in [-0.1, -0.05) is 23.2 Å². The highest BCUT2D eigenvalue weighted by atomic mass is 35.5. The Kier molecular flexibility index (Phi) is 5.22. The first-order valence-corrected chi connectivity index (χ1v) is 8.63. The smallest absolute Gasteiger partial charge is 0.246 e. The van der Waals surface area contributed by atoms with Gasteiger partial charge in [-0.15, -0.1) is 11.6 Å². The van der Waals surface area contributed by atoms with Gasteiger partial charge in [0.15, 0.2) is 5.75 Å². The summed E-state index contributed by atoms with van der Waals surface area (Å²) in [6.07, 6.45) is 0. The van der Waals surface area contributed by atoms with Gasteiger partial charge in [0.05, 0.1) is 5.69 Å². The van der Waals surface area contributed by atoms with Crippen molar-refractivity contribution in [3.05, 3.63) is 52.5 Å². The van der Waals surface area contributed by atoms with E-state index in [0.717, 1.165) is 0 Å². The molecule has 0 radical (unpaired) electrons. The van der Waals surface area contributed by atoms with Crippen LogP contribution < -0.4 is 9.46 Å². The molecule has 0 saturated heterocycles. The minimum Gasteiger partial charge on any atom is -0.455 e. The molecule has 2 rings (SSSR count). The van der Waals surface area contributed by atoms with E-state index in [2.05, 4.69) is 4.72 Å². The van der Waals surface area contributed by atoms with E-state index in [1.54, 1.807) is 36.4 Å². The van der Waals surface area contributed by atoms with E-state index in [1.807, 2.05) is 0 Å². The van der Waals surface area contributed by atoms with Crippen LogP contribution in [0.15, 0.2) is 42.5 Å². The fourth-order valence-electron chi connectivity index (χ4n) is 1.50. The maximum atomic E-state index is 11.6. The van der Waals surface area contributed by atoms with Crippen LogP contribution in [0, 0.1) is 0 Å². The van der Waals surface area contributed by atoms with E-state index in [4.69, 9.17) is 39.5 Å². The number of hydrogen-bond acceptors (Lipinski definition) is 3. The predicted molar refractivity (Wildman–Crippen MR) is 86.2 cm³/mol. The molecule has 4 nitrogen and oxygen atoms in total. The van der Waals surface area contributed by atoms with E-state index in [-0.39, 0.29) is 5.69 Å². The number of hydrogen-bond donors (Lipinski definition) is 1. The van der Waals surface area contributed by atoms with Gasteiger partial charge >= 0.3 is 0 Å². The third-order valence-corrected chi connectivity index (χ3v) is 4.56. The maximum Gasteiger partial charge on any atom is 0.246 e. The molecule has 0 heterocycles. The molecular weight excluding hydrogens is 357 g/mol. The van der Waals surface area contributed by atoms with Gasteiger partial charge in [0.2, 0.25) is 10.0 Å². The van der Waals surface area contributed by atoms with E-state index >= 15 is 0 Å². The molecule has 0 aromatic heterocycles. The molecule has 0 amide bonds. The summed E-state index contributed by atoms with van der Waals surface area (Å²) in [7, 11) is -3.66. The number of alkyl halides is 1. The molecule has 0 spiro atoms. The van der Waals surface area contributed by atoms with Crippen LogP contribution in [0.3, 0.4) is 0 Å². The van der Waals surface area contributed by atoms with E-state index < -0.39 is 15.2 Å². The van der Waals surface area contributed by atoms with Crippen LogP contribution in [0.5, 0.6) is 11.5 Å². The van der Waals surface area contributed by atoms with E-state index in [9.17, 15) is 8.42 Å². The van der Waals surface area contributed by atoms with Gasteiger partial charge in [0.25, 0.3) is 0 Å². The van der Waals surface area contributed by atoms with Crippen molar-refractivity contribution in [2.75, 3.05) is 9.93 Å². The standard InChI is InChI=1S/C13H10Cl3NO3S/c14-8-21(18,19)17-12-7-10(16)3-6-13(12)20-11-4-1-9(15)2-5-11/h1-7,17H,8H2. The van der Waals surface area contributed by atoms with Crippen LogP contribution in [-0.4, -0.2) is 13.6 Å². The molecule has 2 aromatic rings. The number of ether oxygens (including phenoxy) is 1. The van der Waals surface area contributed by atoms with E-state index in [0.29, 0.717) is 21.5 Å². The Morgan fingerprint density at radius 2 is 1.62 bits per heavy atom. The zero-order valence-electron chi connectivity index (χ0n) is 10.5. The van der Waals surface area contributed by atoms with Crippen LogP contribution in [0.25, 0.3) is 0 Å². The topological polar surface area (TPSA) is 55.4 Å². The third kappa shape index (κ3) is 4.68. The Bertz CT molecular complexity index is 733. The molecule has 21 heavy (non-hydrogen) atoms. The summed E-state index contributed by atoms with van der Waals surface area (Å²) in [6.45, 7) is 0. The number of rotatable bonds is 5. The summed E-state index contributed by atoms with van der Waals surface area (Å²) in [4.78, 5) is 0. The van der Waals surface area contributed by atoms with Crippen LogP contribution >= 0.6 is 34.8 Å². The monoisotopic (exact) mass is 365 g/mol. The van der Waals surface area contributed by atoms with Crippen molar-refractivity contribution in [1.29, 1.82) is 0 Å². The first-order valence-electron chi connectivity index (χ1n) is 5.69. The molecule has 0 fully saturated rings. The van der Waals surface area contributed by atoms with Gasteiger partial charge in [-0.3, -0.25) is 4.72 Å². The summed E-state index contributed by atoms with van der Waals surface area (Å²) < 4.78 is 31.1. The van der Waals surface area contributed by atoms with Crippen molar-refractivity contribution in [2.24, 2.45) is 0 Å². The molecule has 0 unspecified atom stereocenters. The normalized spacial score (nSPS) is 11.2. The number of halogens is 3. The molecule has 0 saturated carbocycles. The van der Waals surface area contributed by atoms with Crippen molar-refractivity contribution in [3.8, 4) is 11.5 Å². The lowest BCUT2D eigenvalue weighted by molar-refractivity contribution is 0.485. The maximum absolute atomic E-state index is 11.6. The second kappa shape index (κ2) is 6.75. The summed E-state index contributed by atoms with van der Waals surface area (Å²) in [5, 5.41) is 0.368. The minimum atomic E-state index is -3.66. The SMILES string of the molecule is O=S(=O)(CCl)Nc1cc(Cl)ccc1Oc1ccc(Cl)cc1. The largest absolute Gasteiger partial charge is 0.455 e. The Morgan fingerprint density at radius 3 is 2.24 bits per heavy atom. The minimum absolute atomic E-state index is 0.207. The molecule has 0 aliphatic carbocycles. The second-order valence-electron chi connectivity index (χ2n) is 4.02. The number of anilines is 1. The molecule has 0 aliphatic rings. The van der Waals surface area contributed by atoms with E-state index in [1.165, 1.54) is 6.07 Å². The zero-order valence-corrected chi connectivity index (χ0v) is 13.6. The van der Waals surface area contributed by atoms with Crippen LogP contribution in [0.1, 0.15) is 0 Å². The molecule has 1 N–H and O–H groups in total. The van der Waals surface area contributed by atoms with Crippen molar-refractivity contribution < 1.29 is 13.2 Å². The van der Waals surface area contributed by atoms with Crippen LogP contribution in [0.2, 0.25) is 10.0 Å². The molecular formula is C13H10Cl3NO3S. The molecule has 0 bridgehead atoms. The summed E-state index contributed by atoms with van der Waals surface area (Å²) in [5.74, 6) is 0.809. The molecule has 8 heteroatoms. The lowest BCUT2D eigenvalue weighted by atomic mass is 10.3. The van der Waals surface area contributed by atoms with Crippen molar-refractivity contribution >= 4 is 50.5 Å². The Morgan fingerprint density at radius 1 is 1.00 bits per heavy atom. The molecule has 0 atom stereocenters. The second-order valence-corrected chi connectivity index (χ2v) is 7.20. The van der Waals surface area contributed by atoms with Crippen LogP contribution in [-0.2, 0) is 10.0 Å². The number of sulfonamides is 1. The number of benzene rings is 2. The Hall–Kier alpha value is -1.14. The summed E-state index contributed by atoms with van der Waals surface area (Å²) >= 11 is 17.0. The first kappa shape index (κ1) is 16.2. The number of nitrogens with one attached hydrogen (secondary N) is 1. The highest BCUT2D eigenvalue weighted by Crippen LogP contribution is 2.33. The quantitative estimate of drug-likeness (QED) is 0.779. The third-order valence-electron chi connectivity index (χ3n) is 2.39. The highest BCUT2D eigenvalue weighted by Gasteiger charge is 2.13. The van der Waals surface area contributed by atoms with Gasteiger partial charge in [-0.05, 0) is 42.5 Å². The van der Waals surface area contributed by atoms with Crippen molar-refractivity contribution in [3.63, 3.8) is 0 Å². The lowest BCUT2D eigenvalue weighted by Gasteiger charge is -2.13. The fraction of sp³-hybridized carbons (Fsp3) is 0.0769. The van der Waals surface area contributed by atoms with Gasteiger partial charge in [0, 0.05) is 10.0 Å².